The highest BCUT2D eigenvalue weighted by atomic mass is 32.3. The van der Waals surface area contributed by atoms with E-state index in [1.165, 1.54) is 18.3 Å². The van der Waals surface area contributed by atoms with E-state index in [2.05, 4.69) is 15.0 Å². The zero-order valence-corrected chi connectivity index (χ0v) is 16.5. The van der Waals surface area contributed by atoms with Crippen molar-refractivity contribution < 1.29 is 13.4 Å². The van der Waals surface area contributed by atoms with E-state index in [9.17, 15) is 13.4 Å². The predicted molar refractivity (Wildman–Crippen MR) is 114 cm³/mol. The van der Waals surface area contributed by atoms with Gasteiger partial charge in [0.25, 0.3) is 5.91 Å². The Labute approximate surface area is 168 Å². The Kier molecular flexibility index (Phi) is 5.12. The van der Waals surface area contributed by atoms with Crippen molar-refractivity contribution in [3.05, 3.63) is 72.2 Å². The summed E-state index contributed by atoms with van der Waals surface area (Å²) in [5, 5.41) is 3.27. The van der Waals surface area contributed by atoms with E-state index in [0.29, 0.717) is 34.3 Å². The van der Waals surface area contributed by atoms with E-state index in [1.54, 1.807) is 42.5 Å². The van der Waals surface area contributed by atoms with Gasteiger partial charge in [-0.2, -0.15) is 0 Å². The fraction of sp³-hybridized carbons (Fsp3) is 0.143. The highest BCUT2D eigenvalue weighted by molar-refractivity contribution is 8.01. The molecule has 0 unspecified atom stereocenters. The van der Waals surface area contributed by atoms with Crippen molar-refractivity contribution in [3.63, 3.8) is 0 Å². The highest BCUT2D eigenvalue weighted by Gasteiger charge is 2.23. The molecule has 0 saturated carbocycles. The largest absolute Gasteiger partial charge is 0.397 e. The van der Waals surface area contributed by atoms with Gasteiger partial charge in [0.1, 0.15) is 10.8 Å². The molecule has 0 bridgehead atoms. The summed E-state index contributed by atoms with van der Waals surface area (Å²) in [6, 6.07) is 14.5. The second-order valence-electron chi connectivity index (χ2n) is 6.89. The van der Waals surface area contributed by atoms with Crippen LogP contribution in [0.3, 0.4) is 0 Å². The molecular weight excluding hydrogens is 391 g/mol. The van der Waals surface area contributed by atoms with Gasteiger partial charge in [0.15, 0.2) is 0 Å². The van der Waals surface area contributed by atoms with Crippen molar-refractivity contribution in [1.29, 1.82) is 0 Å². The standard InChI is InChI=1S/C21H21FN4O2S/c22-17-6-2-14(3-7-17)15-4-8-18(23)19(12-15)26-21(27)16-5-9-20(24-13-16)29(28)11-1-10-25-29/h2-9,12-13,29H,1,10-11,23H2,(H,25,28)(H,26,27). The number of rotatable bonds is 4. The van der Waals surface area contributed by atoms with Crippen molar-refractivity contribution in [2.75, 3.05) is 23.3 Å². The Hall–Kier alpha value is -3.10. The SMILES string of the molecule is Nc1ccc(-c2ccc(F)cc2)cc1NC(=O)c1ccc([SH]2(=O)CCCN2)nc1. The first-order valence-electron chi connectivity index (χ1n) is 9.22. The fourth-order valence-electron chi connectivity index (χ4n) is 3.25. The highest BCUT2D eigenvalue weighted by Crippen LogP contribution is 2.28. The molecule has 2 heterocycles. The average molecular weight is 412 g/mol. The number of carbonyl (C=O) groups is 1. The summed E-state index contributed by atoms with van der Waals surface area (Å²) in [5.74, 6) is -0.105. The number of pyridine rings is 1. The van der Waals surface area contributed by atoms with Gasteiger partial charge in [0.2, 0.25) is 0 Å². The van der Waals surface area contributed by atoms with Crippen molar-refractivity contribution in [2.45, 2.75) is 11.4 Å². The van der Waals surface area contributed by atoms with Gasteiger partial charge in [-0.25, -0.2) is 9.37 Å². The van der Waals surface area contributed by atoms with Gasteiger partial charge in [-0.3, -0.25) is 13.7 Å². The van der Waals surface area contributed by atoms with Crippen molar-refractivity contribution in [3.8, 4) is 11.1 Å². The third kappa shape index (κ3) is 4.03. The first kappa shape index (κ1) is 19.2. The number of aromatic nitrogens is 1. The van der Waals surface area contributed by atoms with Crippen molar-refractivity contribution in [2.24, 2.45) is 0 Å². The maximum atomic E-state index is 13.2. The lowest BCUT2D eigenvalue weighted by Gasteiger charge is -2.17. The lowest BCUT2D eigenvalue weighted by atomic mass is 10.0. The summed E-state index contributed by atoms with van der Waals surface area (Å²) in [7, 11) is -2.63. The van der Waals surface area contributed by atoms with Gasteiger partial charge >= 0.3 is 0 Å². The number of benzene rings is 2. The molecule has 1 amide bonds. The molecular formula is C21H21FN4O2S. The third-order valence-electron chi connectivity index (χ3n) is 4.88. The molecule has 29 heavy (non-hydrogen) atoms. The van der Waals surface area contributed by atoms with Crippen LogP contribution in [0, 0.1) is 5.82 Å². The van der Waals surface area contributed by atoms with E-state index in [0.717, 1.165) is 17.5 Å². The van der Waals surface area contributed by atoms with Crippen LogP contribution < -0.4 is 15.8 Å². The Morgan fingerprint density at radius 3 is 2.52 bits per heavy atom. The smallest absolute Gasteiger partial charge is 0.257 e. The minimum atomic E-state index is -2.63. The number of halogens is 1. The number of nitrogens with two attached hydrogens (primary N) is 1. The Morgan fingerprint density at radius 1 is 1.10 bits per heavy atom. The third-order valence-corrected chi connectivity index (χ3v) is 7.56. The van der Waals surface area contributed by atoms with Crippen LogP contribution in [0.2, 0.25) is 0 Å². The van der Waals surface area contributed by atoms with Crippen LogP contribution in [0.4, 0.5) is 15.8 Å². The number of nitrogens with zero attached hydrogens (tertiary/aromatic N) is 1. The molecule has 8 heteroatoms. The molecule has 150 valence electrons. The molecule has 0 aliphatic carbocycles. The number of thiol groups is 1. The van der Waals surface area contributed by atoms with Crippen LogP contribution in [0.1, 0.15) is 16.8 Å². The summed E-state index contributed by atoms with van der Waals surface area (Å²) in [4.78, 5) is 16.9. The Bertz CT molecular complexity index is 1090. The first-order valence-corrected chi connectivity index (χ1v) is 11.1. The van der Waals surface area contributed by atoms with Gasteiger partial charge in [-0.1, -0.05) is 18.2 Å². The molecule has 0 radical (unpaired) electrons. The summed E-state index contributed by atoms with van der Waals surface area (Å²) in [6.45, 7) is 0.713. The summed E-state index contributed by atoms with van der Waals surface area (Å²) in [6.07, 6.45) is 2.27. The average Bonchev–Trinajstić information content (AvgIpc) is 3.18. The van der Waals surface area contributed by atoms with E-state index < -0.39 is 10.1 Å². The number of amides is 1. The van der Waals surface area contributed by atoms with E-state index in [-0.39, 0.29) is 11.7 Å². The zero-order valence-electron chi connectivity index (χ0n) is 15.6. The van der Waals surface area contributed by atoms with Crippen LogP contribution in [0.15, 0.2) is 65.8 Å². The Morgan fingerprint density at radius 2 is 1.86 bits per heavy atom. The van der Waals surface area contributed by atoms with Gasteiger partial charge in [-0.05, 0) is 64.1 Å². The van der Waals surface area contributed by atoms with E-state index in [1.807, 2.05) is 0 Å². The number of nitrogen functional groups attached to an aromatic ring is 1. The summed E-state index contributed by atoms with van der Waals surface area (Å²) >= 11 is 0. The molecule has 1 saturated heterocycles. The zero-order chi connectivity index (χ0) is 20.4. The summed E-state index contributed by atoms with van der Waals surface area (Å²) in [5.41, 5.74) is 8.81. The molecule has 0 atom stereocenters. The van der Waals surface area contributed by atoms with Gasteiger partial charge in [0.05, 0.1) is 16.9 Å². The van der Waals surface area contributed by atoms with Crippen LogP contribution >= 0.6 is 0 Å². The second-order valence-corrected chi connectivity index (χ2v) is 9.59. The normalized spacial score (nSPS) is 16.3. The van der Waals surface area contributed by atoms with Gasteiger partial charge in [0, 0.05) is 18.5 Å². The second kappa shape index (κ2) is 7.73. The van der Waals surface area contributed by atoms with E-state index in [4.69, 9.17) is 5.73 Å². The predicted octanol–water partition coefficient (Wildman–Crippen LogP) is 3.01. The lowest BCUT2D eigenvalue weighted by Crippen LogP contribution is -2.27. The topological polar surface area (TPSA) is 97.1 Å². The minimum Gasteiger partial charge on any atom is -0.397 e. The van der Waals surface area contributed by atoms with Crippen LogP contribution in [-0.2, 0) is 10.1 Å². The lowest BCUT2D eigenvalue weighted by molar-refractivity contribution is 0.102. The number of hydrogen-bond donors (Lipinski definition) is 4. The number of nitrogens with one attached hydrogen (secondary N) is 2. The maximum absolute atomic E-state index is 13.2. The molecule has 6 nitrogen and oxygen atoms in total. The number of anilines is 2. The molecule has 1 aromatic heterocycles. The molecule has 1 aliphatic rings. The minimum absolute atomic E-state index is 0.316. The van der Waals surface area contributed by atoms with Crippen molar-refractivity contribution in [1.82, 2.24) is 9.71 Å². The molecule has 2 aromatic carbocycles. The van der Waals surface area contributed by atoms with Crippen LogP contribution in [-0.4, -0.2) is 27.4 Å². The molecule has 3 aromatic rings. The van der Waals surface area contributed by atoms with Crippen molar-refractivity contribution >= 4 is 27.4 Å². The number of carbonyl (C=O) groups excluding carboxylic acids is 1. The quantitative estimate of drug-likeness (QED) is 0.391. The summed E-state index contributed by atoms with van der Waals surface area (Å²) < 4.78 is 28.9. The first-order chi connectivity index (χ1) is 13.9. The number of hydrogen-bond acceptors (Lipinski definition) is 4. The maximum Gasteiger partial charge on any atom is 0.257 e. The molecule has 1 aliphatic heterocycles. The molecule has 0 spiro atoms. The Balaban J connectivity index is 1.54. The van der Waals surface area contributed by atoms with Gasteiger partial charge in [-0.15, -0.1) is 0 Å². The molecule has 4 N–H and O–H groups in total. The monoisotopic (exact) mass is 412 g/mol. The molecule has 4 rings (SSSR count). The van der Waals surface area contributed by atoms with Crippen LogP contribution in [0.25, 0.3) is 11.1 Å². The van der Waals surface area contributed by atoms with E-state index >= 15 is 0 Å². The molecule has 1 fully saturated rings. The van der Waals surface area contributed by atoms with Crippen LogP contribution in [0.5, 0.6) is 0 Å². The fourth-order valence-corrected chi connectivity index (χ4v) is 5.48. The van der Waals surface area contributed by atoms with Gasteiger partial charge < -0.3 is 11.1 Å².